The summed E-state index contributed by atoms with van der Waals surface area (Å²) in [5, 5.41) is 21.7. The summed E-state index contributed by atoms with van der Waals surface area (Å²) in [6.07, 6.45) is 13.6. The van der Waals surface area contributed by atoms with Crippen LogP contribution < -0.4 is 0 Å². The van der Waals surface area contributed by atoms with Crippen molar-refractivity contribution in [3.63, 3.8) is 0 Å². The zero-order chi connectivity index (χ0) is 32.1. The first kappa shape index (κ1) is 34.9. The van der Waals surface area contributed by atoms with Gasteiger partial charge in [0.2, 0.25) is 5.78 Å². The molecule has 8 heteroatoms. The molecule has 44 heavy (non-hydrogen) atoms. The average molecular weight is 617 g/mol. The van der Waals surface area contributed by atoms with Crippen LogP contribution in [0.25, 0.3) is 0 Å². The molecular weight excluding hydrogens is 560 g/mol. The molecule has 8 nitrogen and oxygen atoms in total. The molecule has 4 rings (SSSR count). The van der Waals surface area contributed by atoms with Gasteiger partial charge in [-0.3, -0.25) is 4.79 Å². The summed E-state index contributed by atoms with van der Waals surface area (Å²) in [5.74, 6) is -0.446. The first-order chi connectivity index (χ1) is 21.0. The Morgan fingerprint density at radius 2 is 1.80 bits per heavy atom. The van der Waals surface area contributed by atoms with Crippen LogP contribution in [0.3, 0.4) is 0 Å². The monoisotopic (exact) mass is 616 g/mol. The number of ketones is 1. The van der Waals surface area contributed by atoms with Crippen LogP contribution in [-0.2, 0) is 28.5 Å². The number of rotatable bonds is 11. The molecule has 0 bridgehead atoms. The molecule has 0 radical (unpaired) electrons. The van der Waals surface area contributed by atoms with Gasteiger partial charge in [-0.25, -0.2) is 4.79 Å². The number of Topliss-reactive ketones (excluding diaryl/α,β-unsaturated/α-hetero) is 1. The van der Waals surface area contributed by atoms with E-state index in [1.807, 2.05) is 6.92 Å². The minimum Gasteiger partial charge on any atom is -0.511 e. The SMILES string of the molecule is CC[C@H](OC)[C@H]1C[C@H](C)[C@H]([C@@H](C)/C=C/[C@@H]2CC[C@@H](C)[C@H](/C(=C/[C@H]3CCC[C@@H](C)[C@@H]3[C@H](C)/C(O)=C3\C(=O)COC3=O)CO)O2)O1. The summed E-state index contributed by atoms with van der Waals surface area (Å²) in [4.78, 5) is 24.5. The zero-order valence-corrected chi connectivity index (χ0v) is 27.9. The number of hydrogen-bond donors (Lipinski definition) is 2. The highest BCUT2D eigenvalue weighted by Crippen LogP contribution is 2.44. The summed E-state index contributed by atoms with van der Waals surface area (Å²) in [5.41, 5.74) is 0.675. The predicted octanol–water partition coefficient (Wildman–Crippen LogP) is 6.13. The number of methoxy groups -OCH3 is 1. The molecule has 4 aliphatic rings. The lowest BCUT2D eigenvalue weighted by atomic mass is 9.66. The molecule has 0 amide bonds. The highest BCUT2D eigenvalue weighted by Gasteiger charge is 2.42. The van der Waals surface area contributed by atoms with E-state index in [0.29, 0.717) is 5.92 Å². The minimum absolute atomic E-state index is 0.0112. The van der Waals surface area contributed by atoms with Gasteiger partial charge in [0.1, 0.15) is 11.3 Å². The number of hydrogen-bond acceptors (Lipinski definition) is 8. The van der Waals surface area contributed by atoms with Gasteiger partial charge in [0, 0.05) is 18.9 Å². The Labute approximate surface area is 264 Å². The molecule has 12 atom stereocenters. The number of ether oxygens (including phenoxy) is 4. The van der Waals surface area contributed by atoms with Crippen molar-refractivity contribution in [1.82, 2.24) is 0 Å². The molecule has 1 aliphatic carbocycles. The first-order valence-corrected chi connectivity index (χ1v) is 17.0. The Morgan fingerprint density at radius 3 is 2.43 bits per heavy atom. The van der Waals surface area contributed by atoms with Gasteiger partial charge in [-0.2, -0.15) is 0 Å². The smallest absolute Gasteiger partial charge is 0.345 e. The number of aliphatic hydroxyl groups excluding tert-OH is 2. The fourth-order valence-corrected chi connectivity index (χ4v) is 8.43. The quantitative estimate of drug-likeness (QED) is 0.0938. The van der Waals surface area contributed by atoms with Crippen molar-refractivity contribution in [2.45, 2.75) is 117 Å². The van der Waals surface area contributed by atoms with Crippen LogP contribution in [0, 0.1) is 41.4 Å². The molecule has 3 aliphatic heterocycles. The lowest BCUT2D eigenvalue weighted by Gasteiger charge is -2.41. The van der Waals surface area contributed by atoms with Gasteiger partial charge in [-0.05, 0) is 67.3 Å². The van der Waals surface area contributed by atoms with E-state index in [9.17, 15) is 19.8 Å². The Morgan fingerprint density at radius 1 is 1.05 bits per heavy atom. The Kier molecular flexibility index (Phi) is 12.3. The van der Waals surface area contributed by atoms with E-state index in [-0.39, 0.29) is 84.7 Å². The van der Waals surface area contributed by atoms with Crippen LogP contribution in [0.5, 0.6) is 0 Å². The lowest BCUT2D eigenvalue weighted by Crippen LogP contribution is -2.37. The summed E-state index contributed by atoms with van der Waals surface area (Å²) in [7, 11) is 1.76. The summed E-state index contributed by atoms with van der Waals surface area (Å²) in [6.45, 7) is 12.4. The largest absolute Gasteiger partial charge is 0.511 e. The topological polar surface area (TPSA) is 112 Å². The first-order valence-electron chi connectivity index (χ1n) is 17.0. The molecular formula is C36H56O8. The number of carbonyl (C=O) groups is 2. The van der Waals surface area contributed by atoms with E-state index in [1.54, 1.807) is 7.11 Å². The van der Waals surface area contributed by atoms with Crippen molar-refractivity contribution in [3.8, 4) is 0 Å². The Balaban J connectivity index is 1.47. The van der Waals surface area contributed by atoms with Gasteiger partial charge in [0.05, 0.1) is 37.1 Å². The fourth-order valence-electron chi connectivity index (χ4n) is 8.43. The van der Waals surface area contributed by atoms with Gasteiger partial charge >= 0.3 is 5.97 Å². The van der Waals surface area contributed by atoms with Crippen molar-refractivity contribution >= 4 is 11.8 Å². The average Bonchev–Trinajstić information content (AvgIpc) is 3.56. The molecule has 248 valence electrons. The molecule has 3 heterocycles. The highest BCUT2D eigenvalue weighted by atomic mass is 16.6. The van der Waals surface area contributed by atoms with E-state index in [1.165, 1.54) is 0 Å². The molecule has 1 saturated carbocycles. The van der Waals surface area contributed by atoms with Gasteiger partial charge in [-0.1, -0.05) is 72.6 Å². The summed E-state index contributed by atoms with van der Waals surface area (Å²) >= 11 is 0. The number of aliphatic hydroxyl groups is 2. The number of allylic oxidation sites excluding steroid dienone is 2. The van der Waals surface area contributed by atoms with E-state index >= 15 is 0 Å². The fraction of sp³-hybridized carbons (Fsp3) is 0.778. The highest BCUT2D eigenvalue weighted by molar-refractivity contribution is 6.22. The molecule has 0 aromatic rings. The van der Waals surface area contributed by atoms with Gasteiger partial charge in [0.25, 0.3) is 0 Å². The third-order valence-corrected chi connectivity index (χ3v) is 10.9. The van der Waals surface area contributed by atoms with Crippen LogP contribution in [0.2, 0.25) is 0 Å². The third-order valence-electron chi connectivity index (χ3n) is 10.9. The normalized spacial score (nSPS) is 38.5. The predicted molar refractivity (Wildman–Crippen MR) is 169 cm³/mol. The van der Waals surface area contributed by atoms with Crippen LogP contribution in [0.15, 0.2) is 35.1 Å². The van der Waals surface area contributed by atoms with Crippen molar-refractivity contribution in [2.75, 3.05) is 20.3 Å². The van der Waals surface area contributed by atoms with E-state index in [0.717, 1.165) is 50.5 Å². The molecule has 3 saturated heterocycles. The second-order valence-electron chi connectivity index (χ2n) is 14.0. The summed E-state index contributed by atoms with van der Waals surface area (Å²) < 4.78 is 23.7. The second kappa shape index (κ2) is 15.5. The standard InChI is InChI=1S/C36H56O8/c1-8-29(41-7)30-16-23(5)34(44-30)21(3)12-14-27-15-13-22(4)35(43-27)26(18-37)17-25-11-9-10-20(2)31(25)24(6)33(39)32-28(38)19-42-36(32)40/h12,14,17,20-25,27,29-31,34-35,37,39H,8-11,13,15-16,18-19H2,1-7H3/b14-12+,26-17+,33-32-/t20-,21+,22-,23+,24+,25-,27-,29+,30-,31-,34+,35-/m1/s1. The van der Waals surface area contributed by atoms with Gasteiger partial charge in [0.15, 0.2) is 6.61 Å². The van der Waals surface area contributed by atoms with Crippen LogP contribution in [0.1, 0.15) is 86.5 Å². The van der Waals surface area contributed by atoms with E-state index in [2.05, 4.69) is 52.8 Å². The maximum absolute atomic E-state index is 12.3. The minimum atomic E-state index is -0.738. The van der Waals surface area contributed by atoms with Crippen molar-refractivity contribution < 1.29 is 38.7 Å². The van der Waals surface area contributed by atoms with Gasteiger partial charge in [-0.15, -0.1) is 0 Å². The second-order valence-corrected chi connectivity index (χ2v) is 14.0. The van der Waals surface area contributed by atoms with Gasteiger partial charge < -0.3 is 29.2 Å². The zero-order valence-electron chi connectivity index (χ0n) is 27.9. The summed E-state index contributed by atoms with van der Waals surface area (Å²) in [6, 6.07) is 0. The third kappa shape index (κ3) is 7.68. The van der Waals surface area contributed by atoms with Crippen LogP contribution in [-0.4, -0.2) is 72.8 Å². The maximum Gasteiger partial charge on any atom is 0.345 e. The van der Waals surface area contributed by atoms with Crippen molar-refractivity contribution in [1.29, 1.82) is 0 Å². The molecule has 4 fully saturated rings. The van der Waals surface area contributed by atoms with Crippen molar-refractivity contribution in [3.05, 3.63) is 35.1 Å². The van der Waals surface area contributed by atoms with E-state index < -0.39 is 17.7 Å². The Hall–Kier alpha value is -2.00. The molecule has 0 spiro atoms. The number of esters is 1. The molecule has 0 aromatic heterocycles. The number of cyclic esters (lactones) is 1. The Bertz CT molecular complexity index is 1070. The molecule has 2 N–H and O–H groups in total. The molecule has 0 aromatic carbocycles. The van der Waals surface area contributed by atoms with Crippen molar-refractivity contribution in [2.24, 2.45) is 41.4 Å². The van der Waals surface area contributed by atoms with E-state index in [4.69, 9.17) is 18.9 Å². The number of carbonyl (C=O) groups excluding carboxylic acids is 2. The van der Waals surface area contributed by atoms with Crippen LogP contribution in [0.4, 0.5) is 0 Å². The lowest BCUT2D eigenvalue weighted by molar-refractivity contribution is -0.135. The maximum atomic E-state index is 12.3. The van der Waals surface area contributed by atoms with Crippen LogP contribution >= 0.6 is 0 Å². The molecule has 0 unspecified atom stereocenters.